The predicted molar refractivity (Wildman–Crippen MR) is 90.4 cm³/mol. The Hall–Kier alpha value is -2.14. The molecule has 0 bridgehead atoms. The molecule has 1 atom stereocenters. The van der Waals surface area contributed by atoms with Crippen molar-refractivity contribution in [2.24, 2.45) is 5.73 Å². The number of thiophene rings is 1. The second-order valence-electron chi connectivity index (χ2n) is 5.53. The third kappa shape index (κ3) is 3.54. The van der Waals surface area contributed by atoms with Gasteiger partial charge in [-0.25, -0.2) is 0 Å². The van der Waals surface area contributed by atoms with Gasteiger partial charge in [-0.1, -0.05) is 44.2 Å². The number of rotatable bonds is 5. The number of primary amides is 1. The van der Waals surface area contributed by atoms with Crippen LogP contribution in [0.4, 0.5) is 5.00 Å². The van der Waals surface area contributed by atoms with E-state index in [-0.39, 0.29) is 17.7 Å². The Morgan fingerprint density at radius 2 is 1.77 bits per heavy atom. The normalized spacial score (nSPS) is 12.2. The van der Waals surface area contributed by atoms with E-state index in [0.29, 0.717) is 10.6 Å². The minimum absolute atomic E-state index is 0.147. The lowest BCUT2D eigenvalue weighted by Gasteiger charge is -2.12. The second-order valence-corrected chi connectivity index (χ2v) is 6.62. The number of benzene rings is 1. The van der Waals surface area contributed by atoms with Crippen molar-refractivity contribution in [3.05, 3.63) is 52.4 Å². The van der Waals surface area contributed by atoms with Gasteiger partial charge in [0.15, 0.2) is 0 Å². The van der Waals surface area contributed by atoms with Crippen molar-refractivity contribution in [1.82, 2.24) is 0 Å². The van der Waals surface area contributed by atoms with Crippen molar-refractivity contribution < 1.29 is 9.59 Å². The maximum Gasteiger partial charge on any atom is 0.251 e. The molecule has 0 aliphatic rings. The Labute approximate surface area is 134 Å². The molecule has 1 heterocycles. The average molecular weight is 316 g/mol. The minimum atomic E-state index is -0.522. The van der Waals surface area contributed by atoms with Crippen molar-refractivity contribution in [1.29, 1.82) is 0 Å². The molecule has 5 heteroatoms. The van der Waals surface area contributed by atoms with Crippen molar-refractivity contribution in [3.8, 4) is 0 Å². The molecule has 0 fully saturated rings. The Kier molecular flexibility index (Phi) is 4.98. The molecule has 2 amide bonds. The summed E-state index contributed by atoms with van der Waals surface area (Å²) in [4.78, 5) is 25.0. The molecule has 3 N–H and O–H groups in total. The SMILES string of the molecule is CC(C)c1cc(C(N)=O)c(NC(=O)C(C)c2ccccc2)s1. The summed E-state index contributed by atoms with van der Waals surface area (Å²) in [5.41, 5.74) is 6.72. The van der Waals surface area contributed by atoms with Crippen LogP contribution in [0.15, 0.2) is 36.4 Å². The van der Waals surface area contributed by atoms with E-state index in [4.69, 9.17) is 5.73 Å². The topological polar surface area (TPSA) is 72.2 Å². The highest BCUT2D eigenvalue weighted by Crippen LogP contribution is 2.33. The first-order chi connectivity index (χ1) is 10.4. The Bertz CT molecular complexity index is 677. The Morgan fingerprint density at radius 3 is 2.32 bits per heavy atom. The minimum Gasteiger partial charge on any atom is -0.366 e. The largest absolute Gasteiger partial charge is 0.366 e. The first-order valence-electron chi connectivity index (χ1n) is 7.19. The molecule has 0 saturated carbocycles. The zero-order chi connectivity index (χ0) is 16.3. The molecular formula is C17H20N2O2S. The molecule has 0 aliphatic heterocycles. The van der Waals surface area contributed by atoms with E-state index in [2.05, 4.69) is 5.32 Å². The maximum atomic E-state index is 12.4. The molecule has 2 aromatic rings. The van der Waals surface area contributed by atoms with Gasteiger partial charge in [0.1, 0.15) is 5.00 Å². The lowest BCUT2D eigenvalue weighted by atomic mass is 10.0. The summed E-state index contributed by atoms with van der Waals surface area (Å²) in [6.07, 6.45) is 0. The number of carbonyl (C=O) groups is 2. The number of amides is 2. The Balaban J connectivity index is 2.23. The zero-order valence-corrected chi connectivity index (χ0v) is 13.7. The second kappa shape index (κ2) is 6.75. The fourth-order valence-electron chi connectivity index (χ4n) is 2.08. The van der Waals surface area contributed by atoms with Gasteiger partial charge in [0, 0.05) is 4.88 Å². The number of nitrogens with two attached hydrogens (primary N) is 1. The molecule has 0 saturated heterocycles. The van der Waals surface area contributed by atoms with Crippen molar-refractivity contribution >= 4 is 28.2 Å². The number of carbonyl (C=O) groups excluding carboxylic acids is 2. The van der Waals surface area contributed by atoms with E-state index in [1.165, 1.54) is 11.3 Å². The lowest BCUT2D eigenvalue weighted by Crippen LogP contribution is -2.20. The standard InChI is InChI=1S/C17H20N2O2S/c1-10(2)14-9-13(15(18)20)17(22-14)19-16(21)11(3)12-7-5-4-6-8-12/h4-11H,1-3H3,(H2,18,20)(H,19,21). The molecule has 1 unspecified atom stereocenters. The highest BCUT2D eigenvalue weighted by molar-refractivity contribution is 7.16. The first kappa shape index (κ1) is 16.2. The van der Waals surface area contributed by atoms with Gasteiger partial charge in [-0.05, 0) is 24.5 Å². The van der Waals surface area contributed by atoms with E-state index < -0.39 is 5.91 Å². The summed E-state index contributed by atoms with van der Waals surface area (Å²) in [6.45, 7) is 5.91. The van der Waals surface area contributed by atoms with Gasteiger partial charge >= 0.3 is 0 Å². The summed E-state index contributed by atoms with van der Waals surface area (Å²) < 4.78 is 0. The number of hydrogen-bond acceptors (Lipinski definition) is 3. The van der Waals surface area contributed by atoms with E-state index >= 15 is 0 Å². The predicted octanol–water partition coefficient (Wildman–Crippen LogP) is 3.71. The van der Waals surface area contributed by atoms with Crippen LogP contribution >= 0.6 is 11.3 Å². The first-order valence-corrected chi connectivity index (χ1v) is 8.01. The van der Waals surface area contributed by atoms with E-state index in [1.54, 1.807) is 6.07 Å². The van der Waals surface area contributed by atoms with Gasteiger partial charge < -0.3 is 11.1 Å². The number of nitrogens with one attached hydrogen (secondary N) is 1. The monoisotopic (exact) mass is 316 g/mol. The van der Waals surface area contributed by atoms with Crippen LogP contribution in [-0.4, -0.2) is 11.8 Å². The van der Waals surface area contributed by atoms with E-state index in [0.717, 1.165) is 10.4 Å². The van der Waals surface area contributed by atoms with Crippen LogP contribution in [-0.2, 0) is 4.79 Å². The smallest absolute Gasteiger partial charge is 0.251 e. The molecule has 2 rings (SSSR count). The van der Waals surface area contributed by atoms with Crippen LogP contribution in [0.3, 0.4) is 0 Å². The molecule has 116 valence electrons. The summed E-state index contributed by atoms with van der Waals surface area (Å²) in [7, 11) is 0. The fourth-order valence-corrected chi connectivity index (χ4v) is 3.15. The molecule has 0 spiro atoms. The van der Waals surface area contributed by atoms with Crippen LogP contribution in [0.5, 0.6) is 0 Å². The highest BCUT2D eigenvalue weighted by atomic mass is 32.1. The van der Waals surface area contributed by atoms with Crippen LogP contribution < -0.4 is 11.1 Å². The molecule has 1 aromatic carbocycles. The Morgan fingerprint density at radius 1 is 1.14 bits per heavy atom. The van der Waals surface area contributed by atoms with Gasteiger partial charge in [-0.15, -0.1) is 11.3 Å². The van der Waals surface area contributed by atoms with Crippen LogP contribution in [0.1, 0.15) is 53.4 Å². The summed E-state index contributed by atoms with van der Waals surface area (Å²) in [5, 5.41) is 3.38. The molecule has 0 aliphatic carbocycles. The van der Waals surface area contributed by atoms with Crippen LogP contribution in [0.2, 0.25) is 0 Å². The summed E-state index contributed by atoms with van der Waals surface area (Å²) in [6, 6.07) is 11.3. The number of hydrogen-bond donors (Lipinski definition) is 2. The van der Waals surface area contributed by atoms with Crippen LogP contribution in [0.25, 0.3) is 0 Å². The summed E-state index contributed by atoms with van der Waals surface area (Å²) >= 11 is 1.40. The average Bonchev–Trinajstić information content (AvgIpc) is 2.91. The third-order valence-electron chi connectivity index (χ3n) is 3.52. The van der Waals surface area contributed by atoms with Crippen molar-refractivity contribution in [3.63, 3.8) is 0 Å². The zero-order valence-electron chi connectivity index (χ0n) is 12.9. The van der Waals surface area contributed by atoms with Gasteiger partial charge in [-0.3, -0.25) is 9.59 Å². The van der Waals surface area contributed by atoms with Gasteiger partial charge in [-0.2, -0.15) is 0 Å². The molecule has 0 radical (unpaired) electrons. The summed E-state index contributed by atoms with van der Waals surface area (Å²) in [5.74, 6) is -0.691. The molecule has 22 heavy (non-hydrogen) atoms. The fraction of sp³-hybridized carbons (Fsp3) is 0.294. The van der Waals surface area contributed by atoms with E-state index in [9.17, 15) is 9.59 Å². The third-order valence-corrected chi connectivity index (χ3v) is 4.87. The molecule has 1 aromatic heterocycles. The highest BCUT2D eigenvalue weighted by Gasteiger charge is 2.20. The van der Waals surface area contributed by atoms with Gasteiger partial charge in [0.2, 0.25) is 5.91 Å². The number of anilines is 1. The van der Waals surface area contributed by atoms with Crippen LogP contribution in [0, 0.1) is 0 Å². The van der Waals surface area contributed by atoms with Crippen molar-refractivity contribution in [2.45, 2.75) is 32.6 Å². The van der Waals surface area contributed by atoms with Gasteiger partial charge in [0.25, 0.3) is 5.91 Å². The quantitative estimate of drug-likeness (QED) is 0.882. The molecular weight excluding hydrogens is 296 g/mol. The molecule has 4 nitrogen and oxygen atoms in total. The van der Waals surface area contributed by atoms with E-state index in [1.807, 2.05) is 51.1 Å². The maximum absolute atomic E-state index is 12.4. The lowest BCUT2D eigenvalue weighted by molar-refractivity contribution is -0.117. The van der Waals surface area contributed by atoms with Crippen molar-refractivity contribution in [2.75, 3.05) is 5.32 Å². The van der Waals surface area contributed by atoms with Gasteiger partial charge in [0.05, 0.1) is 11.5 Å².